The summed E-state index contributed by atoms with van der Waals surface area (Å²) in [6.07, 6.45) is 0.221. The fourth-order valence-corrected chi connectivity index (χ4v) is 2.09. The molecule has 0 spiro atoms. The van der Waals surface area contributed by atoms with Gasteiger partial charge in [-0.05, 0) is 38.5 Å². The van der Waals surface area contributed by atoms with E-state index in [4.69, 9.17) is 4.74 Å². The molecular weight excluding hydrogens is 212 g/mol. The fraction of sp³-hybridized carbons (Fsp3) is 1.00. The lowest BCUT2D eigenvalue weighted by Gasteiger charge is -2.47. The third kappa shape index (κ3) is 4.97. The lowest BCUT2D eigenvalue weighted by Crippen LogP contribution is -2.48. The number of aliphatic hydroxyl groups is 1. The Morgan fingerprint density at radius 3 is 1.59 bits per heavy atom. The number of hydrogen-bond acceptors (Lipinski definition) is 2. The zero-order valence-corrected chi connectivity index (χ0v) is 13.2. The average molecular weight is 244 g/mol. The highest BCUT2D eigenvalue weighted by Crippen LogP contribution is 2.47. The summed E-state index contributed by atoms with van der Waals surface area (Å²) in [5.41, 5.74) is -0.556. The highest BCUT2D eigenvalue weighted by atomic mass is 16.6. The molecule has 0 heterocycles. The molecule has 0 rings (SSSR count). The van der Waals surface area contributed by atoms with Gasteiger partial charge in [0.1, 0.15) is 0 Å². The molecule has 0 saturated heterocycles. The van der Waals surface area contributed by atoms with Crippen LogP contribution in [0.5, 0.6) is 0 Å². The van der Waals surface area contributed by atoms with Crippen LogP contribution in [0.15, 0.2) is 0 Å². The Morgan fingerprint density at radius 1 is 0.941 bits per heavy atom. The minimum atomic E-state index is -0.732. The van der Waals surface area contributed by atoms with Gasteiger partial charge in [-0.3, -0.25) is 0 Å². The molecule has 0 fully saturated rings. The predicted octanol–water partition coefficient (Wildman–Crippen LogP) is 4.22. The quantitative estimate of drug-likeness (QED) is 0.750. The van der Waals surface area contributed by atoms with E-state index in [1.807, 2.05) is 20.8 Å². The maximum atomic E-state index is 10.5. The lowest BCUT2D eigenvalue weighted by atomic mass is 9.63. The van der Waals surface area contributed by atoms with Crippen molar-refractivity contribution in [3.63, 3.8) is 0 Å². The Labute approximate surface area is 108 Å². The van der Waals surface area contributed by atoms with Crippen LogP contribution in [-0.2, 0) is 4.74 Å². The lowest BCUT2D eigenvalue weighted by molar-refractivity contribution is -0.247. The van der Waals surface area contributed by atoms with Gasteiger partial charge in [0.05, 0.1) is 5.60 Å². The van der Waals surface area contributed by atoms with E-state index in [9.17, 15) is 5.11 Å². The van der Waals surface area contributed by atoms with Crippen molar-refractivity contribution in [3.05, 3.63) is 0 Å². The summed E-state index contributed by atoms with van der Waals surface area (Å²) in [6.45, 7) is 19.0. The van der Waals surface area contributed by atoms with Crippen molar-refractivity contribution >= 4 is 0 Å². The molecule has 2 atom stereocenters. The van der Waals surface area contributed by atoms with Gasteiger partial charge in [-0.15, -0.1) is 0 Å². The van der Waals surface area contributed by atoms with E-state index in [0.29, 0.717) is 5.92 Å². The molecule has 1 N–H and O–H groups in total. The van der Waals surface area contributed by atoms with Gasteiger partial charge in [0.2, 0.25) is 0 Å². The van der Waals surface area contributed by atoms with Gasteiger partial charge in [-0.2, -0.15) is 0 Å². The van der Waals surface area contributed by atoms with Gasteiger partial charge in [0.25, 0.3) is 0 Å². The van der Waals surface area contributed by atoms with Crippen LogP contribution in [0.4, 0.5) is 0 Å². The number of rotatable bonds is 4. The van der Waals surface area contributed by atoms with Crippen LogP contribution in [0.2, 0.25) is 0 Å². The predicted molar refractivity (Wildman–Crippen MR) is 73.9 cm³/mol. The molecule has 0 aromatic rings. The molecule has 2 nitrogen and oxygen atoms in total. The highest BCUT2D eigenvalue weighted by Gasteiger charge is 2.45. The van der Waals surface area contributed by atoms with Gasteiger partial charge in [0, 0.05) is 5.41 Å². The first-order chi connectivity index (χ1) is 7.29. The van der Waals surface area contributed by atoms with E-state index in [1.54, 1.807) is 0 Å². The summed E-state index contributed by atoms with van der Waals surface area (Å²) < 4.78 is 5.79. The summed E-state index contributed by atoms with van der Waals surface area (Å²) in [6, 6.07) is 0. The second kappa shape index (κ2) is 5.27. The van der Waals surface area contributed by atoms with Crippen LogP contribution in [0, 0.1) is 16.7 Å². The van der Waals surface area contributed by atoms with Gasteiger partial charge in [0.15, 0.2) is 6.29 Å². The Kier molecular flexibility index (Phi) is 5.25. The molecule has 17 heavy (non-hydrogen) atoms. The Bertz CT molecular complexity index is 232. The van der Waals surface area contributed by atoms with Crippen molar-refractivity contribution in [2.75, 3.05) is 0 Å². The SMILES string of the molecule is CC(C)CC(C)(C(O)OC(C)(C)C)C(C)(C)C. The van der Waals surface area contributed by atoms with Crippen LogP contribution >= 0.6 is 0 Å². The van der Waals surface area contributed by atoms with Crippen LogP contribution in [0.25, 0.3) is 0 Å². The molecule has 104 valence electrons. The summed E-state index contributed by atoms with van der Waals surface area (Å²) in [5.74, 6) is 0.539. The van der Waals surface area contributed by atoms with E-state index in [2.05, 4.69) is 41.5 Å². The average Bonchev–Trinajstić information content (AvgIpc) is 1.96. The number of hydrogen-bond donors (Lipinski definition) is 1. The molecule has 0 aromatic heterocycles. The molecule has 2 unspecified atom stereocenters. The van der Waals surface area contributed by atoms with Crippen LogP contribution in [0.3, 0.4) is 0 Å². The van der Waals surface area contributed by atoms with Gasteiger partial charge in [-0.1, -0.05) is 41.5 Å². The maximum absolute atomic E-state index is 10.5. The molecule has 0 radical (unpaired) electrons. The number of ether oxygens (including phenoxy) is 1. The minimum absolute atomic E-state index is 0.00192. The molecular formula is C15H32O2. The fourth-order valence-electron chi connectivity index (χ4n) is 2.09. The molecule has 0 aromatic carbocycles. The topological polar surface area (TPSA) is 29.5 Å². The van der Waals surface area contributed by atoms with Crippen molar-refractivity contribution in [3.8, 4) is 0 Å². The van der Waals surface area contributed by atoms with E-state index < -0.39 is 6.29 Å². The van der Waals surface area contributed by atoms with Gasteiger partial charge in [-0.25, -0.2) is 0 Å². The Balaban J connectivity index is 5.06. The van der Waals surface area contributed by atoms with Crippen molar-refractivity contribution in [2.45, 2.75) is 80.6 Å². The van der Waals surface area contributed by atoms with Crippen molar-refractivity contribution in [1.82, 2.24) is 0 Å². The molecule has 0 bridgehead atoms. The third-order valence-corrected chi connectivity index (χ3v) is 3.56. The first-order valence-corrected chi connectivity index (χ1v) is 6.65. The smallest absolute Gasteiger partial charge is 0.161 e. The van der Waals surface area contributed by atoms with E-state index in [-0.39, 0.29) is 16.4 Å². The second-order valence-electron chi connectivity index (χ2n) is 7.85. The molecule has 2 heteroatoms. The standard InChI is InChI=1S/C15H32O2/c1-11(2)10-15(9,13(3,4)5)12(16)17-14(6,7)8/h11-12,16H,10H2,1-9H3. The van der Waals surface area contributed by atoms with E-state index in [1.165, 1.54) is 0 Å². The zero-order valence-electron chi connectivity index (χ0n) is 13.2. The van der Waals surface area contributed by atoms with Crippen LogP contribution < -0.4 is 0 Å². The molecule has 0 aliphatic rings. The van der Waals surface area contributed by atoms with E-state index in [0.717, 1.165) is 6.42 Å². The number of aliphatic hydroxyl groups excluding tert-OH is 1. The molecule has 0 saturated carbocycles. The second-order valence-corrected chi connectivity index (χ2v) is 7.85. The van der Waals surface area contributed by atoms with Gasteiger partial charge >= 0.3 is 0 Å². The first-order valence-electron chi connectivity index (χ1n) is 6.65. The van der Waals surface area contributed by atoms with Gasteiger partial charge < -0.3 is 9.84 Å². The zero-order chi connectivity index (χ0) is 14.1. The Morgan fingerprint density at radius 2 is 1.35 bits per heavy atom. The van der Waals surface area contributed by atoms with Crippen LogP contribution in [0.1, 0.15) is 68.7 Å². The first kappa shape index (κ1) is 16.9. The van der Waals surface area contributed by atoms with Crippen LogP contribution in [-0.4, -0.2) is 17.0 Å². The van der Waals surface area contributed by atoms with Crippen molar-refractivity contribution in [2.24, 2.45) is 16.7 Å². The summed E-state index contributed by atoms with van der Waals surface area (Å²) >= 11 is 0. The largest absolute Gasteiger partial charge is 0.367 e. The third-order valence-electron chi connectivity index (χ3n) is 3.56. The molecule has 0 amide bonds. The van der Waals surface area contributed by atoms with Crippen molar-refractivity contribution in [1.29, 1.82) is 0 Å². The minimum Gasteiger partial charge on any atom is -0.367 e. The monoisotopic (exact) mass is 244 g/mol. The molecule has 0 aliphatic carbocycles. The summed E-state index contributed by atoms with van der Waals surface area (Å²) in [4.78, 5) is 0. The normalized spacial score (nSPS) is 19.2. The Hall–Kier alpha value is -0.0800. The molecule has 0 aliphatic heterocycles. The summed E-state index contributed by atoms with van der Waals surface area (Å²) in [5, 5.41) is 10.5. The highest BCUT2D eigenvalue weighted by molar-refractivity contribution is 4.90. The summed E-state index contributed by atoms with van der Waals surface area (Å²) in [7, 11) is 0. The van der Waals surface area contributed by atoms with Crippen molar-refractivity contribution < 1.29 is 9.84 Å². The maximum Gasteiger partial charge on any atom is 0.161 e. The van der Waals surface area contributed by atoms with E-state index >= 15 is 0 Å².